The van der Waals surface area contributed by atoms with Crippen LogP contribution in [-0.4, -0.2) is 64.3 Å². The molecule has 0 fully saturated rings. The molecule has 0 aliphatic heterocycles. The first-order chi connectivity index (χ1) is 29.8. The monoisotopic (exact) mass is 874 g/mol. The van der Waals surface area contributed by atoms with Crippen LogP contribution in [0.4, 0.5) is 23.0 Å². The standard InChI is InChI=1S/C25H25N5O3S.C19H21N5O3S/c1-14-10-11-18(23(31)30-33-4)12-19(14)29-22-20-15(2)21(34-25(20)27-13-26-22)24(32)28-16(3)17-8-6-5-7-9-17;1-5-20-18(26)15-11(3)14-16(21-9-22-19(14)28-15)23-13-8-12(7-6-10(13)2)17(25)24-27-4/h5-13,16H,1-4H3,(H,28,32)(H,30,31)(H,26,27,29);6-9H,5H2,1-4H3,(H,20,26)(H,24,25)(H,21,22,23)/t16-;/m0./s1. The summed E-state index contributed by atoms with van der Waals surface area (Å²) < 4.78 is 0. The summed E-state index contributed by atoms with van der Waals surface area (Å²) in [5.41, 5.74) is 11.5. The summed E-state index contributed by atoms with van der Waals surface area (Å²) in [4.78, 5) is 79.1. The van der Waals surface area contributed by atoms with Gasteiger partial charge in [0.05, 0.1) is 40.8 Å². The number of nitrogens with one attached hydrogen (secondary N) is 6. The Labute approximate surface area is 365 Å². The molecule has 320 valence electrons. The van der Waals surface area contributed by atoms with E-state index in [1.54, 1.807) is 24.3 Å². The number of fused-ring (bicyclic) bond motifs is 2. The fourth-order valence-electron chi connectivity index (χ4n) is 6.45. The molecule has 62 heavy (non-hydrogen) atoms. The second-order valence-corrected chi connectivity index (χ2v) is 16.0. The summed E-state index contributed by atoms with van der Waals surface area (Å²) in [7, 11) is 2.77. The minimum Gasteiger partial charge on any atom is -0.352 e. The zero-order chi connectivity index (χ0) is 44.5. The Hall–Kier alpha value is -6.86. The molecule has 4 heterocycles. The number of nitrogens with zero attached hydrogens (tertiary/aromatic N) is 4. The van der Waals surface area contributed by atoms with E-state index < -0.39 is 0 Å². The topological polar surface area (TPSA) is 210 Å². The first kappa shape index (κ1) is 44.7. The van der Waals surface area contributed by atoms with Gasteiger partial charge in [0.15, 0.2) is 0 Å². The van der Waals surface area contributed by atoms with Crippen LogP contribution in [0.25, 0.3) is 20.4 Å². The Kier molecular flexibility index (Phi) is 14.5. The Morgan fingerprint density at radius 2 is 1.10 bits per heavy atom. The Bertz CT molecular complexity index is 2770. The van der Waals surface area contributed by atoms with Crippen LogP contribution in [0.1, 0.15) is 87.8 Å². The maximum atomic E-state index is 13.1. The van der Waals surface area contributed by atoms with Crippen LogP contribution in [0.3, 0.4) is 0 Å². The summed E-state index contributed by atoms with van der Waals surface area (Å²) in [6.07, 6.45) is 2.92. The number of thiophene rings is 2. The van der Waals surface area contributed by atoms with Gasteiger partial charge >= 0.3 is 0 Å². The molecule has 0 aliphatic rings. The number of carbonyl (C=O) groups excluding carboxylic acids is 4. The highest BCUT2D eigenvalue weighted by molar-refractivity contribution is 7.21. The largest absolute Gasteiger partial charge is 0.352 e. The second kappa shape index (κ2) is 20.1. The molecule has 0 unspecified atom stereocenters. The maximum absolute atomic E-state index is 13.1. The molecule has 0 radical (unpaired) electrons. The van der Waals surface area contributed by atoms with Gasteiger partial charge in [-0.15, -0.1) is 22.7 Å². The van der Waals surface area contributed by atoms with Gasteiger partial charge in [0.2, 0.25) is 0 Å². The average Bonchev–Trinajstić information content (AvgIpc) is 3.80. The molecule has 4 aromatic heterocycles. The highest BCUT2D eigenvalue weighted by Gasteiger charge is 2.22. The Morgan fingerprint density at radius 1 is 0.629 bits per heavy atom. The Morgan fingerprint density at radius 3 is 1.55 bits per heavy atom. The summed E-state index contributed by atoms with van der Waals surface area (Å²) in [5.74, 6) is 0.184. The van der Waals surface area contributed by atoms with Gasteiger partial charge in [-0.05, 0) is 93.6 Å². The molecular weight excluding hydrogens is 829 g/mol. The van der Waals surface area contributed by atoms with Crippen molar-refractivity contribution >= 4 is 89.7 Å². The third kappa shape index (κ3) is 10.0. The van der Waals surface area contributed by atoms with Gasteiger partial charge in [-0.2, -0.15) is 0 Å². The summed E-state index contributed by atoms with van der Waals surface area (Å²) in [6, 6.07) is 20.3. The van der Waals surface area contributed by atoms with E-state index in [9.17, 15) is 19.2 Å². The average molecular weight is 875 g/mol. The molecular formula is C44H46N10O6S2. The molecule has 7 rings (SSSR count). The van der Waals surface area contributed by atoms with Gasteiger partial charge in [-0.3, -0.25) is 28.9 Å². The van der Waals surface area contributed by atoms with E-state index in [0.717, 1.165) is 54.8 Å². The van der Waals surface area contributed by atoms with Crippen molar-refractivity contribution in [2.75, 3.05) is 31.4 Å². The quantitative estimate of drug-likeness (QED) is 0.0611. The lowest BCUT2D eigenvalue weighted by Gasteiger charge is -2.14. The van der Waals surface area contributed by atoms with Crippen LogP contribution in [0, 0.1) is 27.7 Å². The molecule has 0 spiro atoms. The smallest absolute Gasteiger partial charge is 0.274 e. The van der Waals surface area contributed by atoms with Gasteiger partial charge in [-0.25, -0.2) is 30.9 Å². The summed E-state index contributed by atoms with van der Waals surface area (Å²) in [6.45, 7) is 12.0. The van der Waals surface area contributed by atoms with Crippen LogP contribution in [0.15, 0.2) is 79.4 Å². The third-order valence-electron chi connectivity index (χ3n) is 9.75. The molecule has 18 heteroatoms. The van der Waals surface area contributed by atoms with Gasteiger partial charge in [0.1, 0.15) is 34.0 Å². The van der Waals surface area contributed by atoms with Crippen molar-refractivity contribution in [3.8, 4) is 0 Å². The number of amides is 4. The molecule has 0 saturated carbocycles. The van der Waals surface area contributed by atoms with Crippen LogP contribution in [0.5, 0.6) is 0 Å². The van der Waals surface area contributed by atoms with E-state index >= 15 is 0 Å². The predicted octanol–water partition coefficient (Wildman–Crippen LogP) is 7.93. The van der Waals surface area contributed by atoms with E-state index in [-0.39, 0.29) is 29.7 Å². The predicted molar refractivity (Wildman–Crippen MR) is 243 cm³/mol. The van der Waals surface area contributed by atoms with Gasteiger partial charge in [0.25, 0.3) is 23.6 Å². The molecule has 3 aromatic carbocycles. The van der Waals surface area contributed by atoms with Crippen LogP contribution >= 0.6 is 22.7 Å². The van der Waals surface area contributed by atoms with Gasteiger partial charge in [0, 0.05) is 29.0 Å². The van der Waals surface area contributed by atoms with E-state index in [1.807, 2.05) is 84.0 Å². The minimum absolute atomic E-state index is 0.122. The molecule has 7 aromatic rings. The Balaban J connectivity index is 0.000000211. The molecule has 4 amide bonds. The summed E-state index contributed by atoms with van der Waals surface area (Å²) >= 11 is 2.66. The van der Waals surface area contributed by atoms with Crippen molar-refractivity contribution < 1.29 is 28.9 Å². The van der Waals surface area contributed by atoms with Crippen LogP contribution in [0.2, 0.25) is 0 Å². The van der Waals surface area contributed by atoms with Crippen molar-refractivity contribution in [3.05, 3.63) is 128 Å². The fourth-order valence-corrected chi connectivity index (χ4v) is 8.57. The van der Waals surface area contributed by atoms with Gasteiger partial charge < -0.3 is 21.3 Å². The number of hydroxylamine groups is 2. The molecule has 6 N–H and O–H groups in total. The molecule has 0 aliphatic carbocycles. The number of carbonyl (C=O) groups is 4. The maximum Gasteiger partial charge on any atom is 0.274 e. The van der Waals surface area contributed by atoms with Crippen LogP contribution < -0.4 is 32.2 Å². The third-order valence-corrected chi connectivity index (χ3v) is 12.1. The van der Waals surface area contributed by atoms with E-state index in [2.05, 4.69) is 57.0 Å². The normalized spacial score (nSPS) is 11.3. The van der Waals surface area contributed by atoms with E-state index in [1.165, 1.54) is 49.5 Å². The molecule has 1 atom stereocenters. The van der Waals surface area contributed by atoms with Crippen molar-refractivity contribution in [1.29, 1.82) is 0 Å². The minimum atomic E-state index is -0.350. The fraction of sp³-hybridized carbons (Fsp3) is 0.227. The zero-order valence-corrected chi connectivity index (χ0v) is 37.0. The van der Waals surface area contributed by atoms with E-state index in [4.69, 9.17) is 4.84 Å². The first-order valence-corrected chi connectivity index (χ1v) is 21.0. The number of hydrogen-bond acceptors (Lipinski definition) is 14. The van der Waals surface area contributed by atoms with Crippen LogP contribution in [-0.2, 0) is 9.68 Å². The highest BCUT2D eigenvalue weighted by atomic mass is 32.1. The second-order valence-electron chi connectivity index (χ2n) is 14.0. The number of anilines is 4. The van der Waals surface area contributed by atoms with Crippen molar-refractivity contribution in [3.63, 3.8) is 0 Å². The number of aromatic nitrogens is 4. The molecule has 0 bridgehead atoms. The lowest BCUT2D eigenvalue weighted by atomic mass is 10.1. The van der Waals surface area contributed by atoms with Gasteiger partial charge in [-0.1, -0.05) is 42.5 Å². The highest BCUT2D eigenvalue weighted by Crippen LogP contribution is 2.37. The first-order valence-electron chi connectivity index (χ1n) is 19.4. The lowest BCUT2D eigenvalue weighted by Crippen LogP contribution is -2.26. The number of aryl methyl sites for hydroxylation is 4. The zero-order valence-electron chi connectivity index (χ0n) is 35.3. The van der Waals surface area contributed by atoms with E-state index in [0.29, 0.717) is 43.9 Å². The number of rotatable bonds is 13. The number of hydrogen-bond donors (Lipinski definition) is 6. The summed E-state index contributed by atoms with van der Waals surface area (Å²) in [5, 5.41) is 14.1. The van der Waals surface area contributed by atoms with Crippen molar-refractivity contribution in [2.45, 2.75) is 47.6 Å². The molecule has 16 nitrogen and oxygen atoms in total. The lowest BCUT2D eigenvalue weighted by molar-refractivity contribution is 0.0533. The number of benzene rings is 3. The van der Waals surface area contributed by atoms with Crippen molar-refractivity contribution in [1.82, 2.24) is 41.5 Å². The SMILES string of the molecule is CCNC(=O)c1sc2ncnc(Nc3cc(C(=O)NOC)ccc3C)c2c1C.CONC(=O)c1ccc(C)c(Nc2ncnc3sc(C(=O)N[C@@H](C)c4ccccc4)c(C)c23)c1. The van der Waals surface area contributed by atoms with Crippen molar-refractivity contribution in [2.24, 2.45) is 0 Å². The molecule has 0 saturated heterocycles.